The summed E-state index contributed by atoms with van der Waals surface area (Å²) < 4.78 is 33.8. The summed E-state index contributed by atoms with van der Waals surface area (Å²) in [6, 6.07) is 13.6. The van der Waals surface area contributed by atoms with Crippen molar-refractivity contribution >= 4 is 16.6 Å². The molecule has 2 saturated heterocycles. The van der Waals surface area contributed by atoms with E-state index in [1.165, 1.54) is 0 Å². The van der Waals surface area contributed by atoms with Gasteiger partial charge >= 0.3 is 0 Å². The van der Waals surface area contributed by atoms with Gasteiger partial charge in [-0.2, -0.15) is 0 Å². The van der Waals surface area contributed by atoms with Crippen LogP contribution in [0.2, 0.25) is 0 Å². The number of rotatable bonds is 5. The maximum Gasteiger partial charge on any atom is 0.149 e. The SMILES string of the molecule is FC1CNCCC1Oc1cccc2ccc(-c3cnc4cc(O[C@@H]5CCOC5)ccn34)nc12. The molecule has 2 aliphatic heterocycles. The van der Waals surface area contributed by atoms with Crippen molar-refractivity contribution in [3.63, 3.8) is 0 Å². The normalized spacial score (nSPS) is 23.2. The molecule has 6 rings (SSSR count). The van der Waals surface area contributed by atoms with E-state index in [0.29, 0.717) is 25.3 Å². The van der Waals surface area contributed by atoms with Gasteiger partial charge in [0, 0.05) is 30.6 Å². The lowest BCUT2D eigenvalue weighted by Crippen LogP contribution is -2.44. The monoisotopic (exact) mass is 448 g/mol. The van der Waals surface area contributed by atoms with E-state index >= 15 is 0 Å². The van der Waals surface area contributed by atoms with E-state index in [1.807, 2.05) is 53.1 Å². The van der Waals surface area contributed by atoms with E-state index in [2.05, 4.69) is 10.3 Å². The molecule has 2 fully saturated rings. The number of benzene rings is 1. The summed E-state index contributed by atoms with van der Waals surface area (Å²) in [7, 11) is 0. The van der Waals surface area contributed by atoms with Crippen molar-refractivity contribution in [3.05, 3.63) is 54.9 Å². The van der Waals surface area contributed by atoms with Crippen LogP contribution in [-0.4, -0.2) is 59.1 Å². The number of hydrogen-bond donors (Lipinski definition) is 1. The van der Waals surface area contributed by atoms with E-state index in [1.54, 1.807) is 6.20 Å². The second-order valence-electron chi connectivity index (χ2n) is 8.53. The van der Waals surface area contributed by atoms with Crippen LogP contribution >= 0.6 is 0 Å². The number of halogens is 1. The predicted molar refractivity (Wildman–Crippen MR) is 123 cm³/mol. The molecular weight excluding hydrogens is 423 g/mol. The van der Waals surface area contributed by atoms with Gasteiger partial charge in [-0.05, 0) is 31.2 Å². The lowest BCUT2D eigenvalue weighted by atomic mass is 10.1. The highest BCUT2D eigenvalue weighted by atomic mass is 19.1. The number of para-hydroxylation sites is 1. The number of alkyl halides is 1. The second kappa shape index (κ2) is 8.61. The molecule has 170 valence electrons. The van der Waals surface area contributed by atoms with Crippen LogP contribution in [0, 0.1) is 0 Å². The minimum Gasteiger partial charge on any atom is -0.488 e. The fourth-order valence-corrected chi connectivity index (χ4v) is 4.47. The predicted octanol–water partition coefficient (Wildman–Crippen LogP) is 3.80. The van der Waals surface area contributed by atoms with Gasteiger partial charge in [0.15, 0.2) is 0 Å². The zero-order valence-corrected chi connectivity index (χ0v) is 18.1. The molecule has 0 bridgehead atoms. The van der Waals surface area contributed by atoms with Gasteiger partial charge in [0.2, 0.25) is 0 Å². The number of piperidine rings is 1. The van der Waals surface area contributed by atoms with Crippen molar-refractivity contribution in [2.45, 2.75) is 31.2 Å². The van der Waals surface area contributed by atoms with Gasteiger partial charge in [0.25, 0.3) is 0 Å². The molecule has 4 aromatic rings. The summed E-state index contributed by atoms with van der Waals surface area (Å²) >= 11 is 0. The van der Waals surface area contributed by atoms with Crippen LogP contribution in [0.3, 0.4) is 0 Å². The maximum atomic E-state index is 14.3. The molecular formula is C25H25FN4O3. The molecule has 2 aliphatic rings. The maximum absolute atomic E-state index is 14.3. The van der Waals surface area contributed by atoms with Crippen molar-refractivity contribution in [1.29, 1.82) is 0 Å². The molecule has 0 spiro atoms. The molecule has 1 aromatic carbocycles. The first-order chi connectivity index (χ1) is 16.2. The van der Waals surface area contributed by atoms with Gasteiger partial charge in [-0.3, -0.25) is 4.40 Å². The van der Waals surface area contributed by atoms with Crippen LogP contribution in [0.5, 0.6) is 11.5 Å². The van der Waals surface area contributed by atoms with Crippen molar-refractivity contribution in [1.82, 2.24) is 19.7 Å². The first-order valence-corrected chi connectivity index (χ1v) is 11.4. The van der Waals surface area contributed by atoms with Crippen LogP contribution < -0.4 is 14.8 Å². The fourth-order valence-electron chi connectivity index (χ4n) is 4.47. The molecule has 0 aliphatic carbocycles. The molecule has 0 amide bonds. The van der Waals surface area contributed by atoms with Crippen LogP contribution in [0.25, 0.3) is 27.9 Å². The molecule has 3 atom stereocenters. The molecule has 33 heavy (non-hydrogen) atoms. The Morgan fingerprint density at radius 1 is 1.12 bits per heavy atom. The Labute approximate surface area is 190 Å². The standard InChI is InChI=1S/C25H25FN4O3/c26-19-13-27-9-6-22(19)33-23-3-1-2-16-4-5-20(29-25(16)23)21-14-28-24-12-17(7-10-30(21)24)32-18-8-11-31-15-18/h1-5,7,10,12,14,18-19,22,27H,6,8-9,11,13,15H2/t18-,19?,22?/m1/s1. The van der Waals surface area contributed by atoms with Gasteiger partial charge in [-0.1, -0.05) is 18.2 Å². The summed E-state index contributed by atoms with van der Waals surface area (Å²) in [4.78, 5) is 9.45. The van der Waals surface area contributed by atoms with Gasteiger partial charge in [0.1, 0.15) is 41.0 Å². The highest BCUT2D eigenvalue weighted by Gasteiger charge is 2.27. The van der Waals surface area contributed by atoms with E-state index < -0.39 is 12.3 Å². The highest BCUT2D eigenvalue weighted by Crippen LogP contribution is 2.30. The number of pyridine rings is 2. The van der Waals surface area contributed by atoms with Gasteiger partial charge in [-0.25, -0.2) is 14.4 Å². The summed E-state index contributed by atoms with van der Waals surface area (Å²) in [5.74, 6) is 1.38. The van der Waals surface area contributed by atoms with Gasteiger partial charge in [-0.15, -0.1) is 0 Å². The minimum atomic E-state index is -1.04. The third-order valence-corrected chi connectivity index (χ3v) is 6.25. The number of imidazole rings is 1. The Bertz CT molecular complexity index is 1290. The third kappa shape index (κ3) is 4.00. The summed E-state index contributed by atoms with van der Waals surface area (Å²) in [5.41, 5.74) is 3.13. The number of hydrogen-bond acceptors (Lipinski definition) is 6. The Morgan fingerprint density at radius 2 is 2.09 bits per heavy atom. The highest BCUT2D eigenvalue weighted by molar-refractivity contribution is 5.86. The number of aromatic nitrogens is 3. The van der Waals surface area contributed by atoms with E-state index in [4.69, 9.17) is 19.2 Å². The smallest absolute Gasteiger partial charge is 0.149 e. The van der Waals surface area contributed by atoms with Crippen LogP contribution in [0.15, 0.2) is 54.9 Å². The molecule has 3 aromatic heterocycles. The molecule has 0 saturated carbocycles. The first kappa shape index (κ1) is 20.4. The fraction of sp³-hybridized carbons (Fsp3) is 0.360. The lowest BCUT2D eigenvalue weighted by Gasteiger charge is -2.27. The number of nitrogens with zero attached hydrogens (tertiary/aromatic N) is 3. The van der Waals surface area contributed by atoms with Crippen LogP contribution in [-0.2, 0) is 4.74 Å². The summed E-state index contributed by atoms with van der Waals surface area (Å²) in [6.45, 7) is 2.42. The van der Waals surface area contributed by atoms with Crippen molar-refractivity contribution in [2.75, 3.05) is 26.3 Å². The number of ether oxygens (including phenoxy) is 3. The average molecular weight is 448 g/mol. The molecule has 7 nitrogen and oxygen atoms in total. The Balaban J connectivity index is 1.32. The van der Waals surface area contributed by atoms with E-state index in [0.717, 1.165) is 53.3 Å². The zero-order valence-electron chi connectivity index (χ0n) is 18.1. The summed E-state index contributed by atoms with van der Waals surface area (Å²) in [5, 5.41) is 4.01. The van der Waals surface area contributed by atoms with Gasteiger partial charge in [0.05, 0.1) is 30.8 Å². The molecule has 8 heteroatoms. The Morgan fingerprint density at radius 3 is 2.97 bits per heavy atom. The zero-order chi connectivity index (χ0) is 22.2. The van der Waals surface area contributed by atoms with Crippen molar-refractivity contribution < 1.29 is 18.6 Å². The topological polar surface area (TPSA) is 69.9 Å². The number of fused-ring (bicyclic) bond motifs is 2. The second-order valence-corrected chi connectivity index (χ2v) is 8.53. The van der Waals surface area contributed by atoms with Gasteiger partial charge < -0.3 is 19.5 Å². The van der Waals surface area contributed by atoms with Crippen LogP contribution in [0.4, 0.5) is 4.39 Å². The first-order valence-electron chi connectivity index (χ1n) is 11.4. The molecule has 0 radical (unpaired) electrons. The number of nitrogens with one attached hydrogen (secondary N) is 1. The van der Waals surface area contributed by atoms with E-state index in [-0.39, 0.29) is 6.10 Å². The van der Waals surface area contributed by atoms with Crippen LogP contribution in [0.1, 0.15) is 12.8 Å². The minimum absolute atomic E-state index is 0.0892. The Kier molecular flexibility index (Phi) is 5.32. The molecule has 2 unspecified atom stereocenters. The summed E-state index contributed by atoms with van der Waals surface area (Å²) in [6.07, 6.45) is 3.86. The van der Waals surface area contributed by atoms with E-state index in [9.17, 15) is 4.39 Å². The van der Waals surface area contributed by atoms with Crippen molar-refractivity contribution in [3.8, 4) is 22.9 Å². The average Bonchev–Trinajstić information content (AvgIpc) is 3.50. The lowest BCUT2D eigenvalue weighted by molar-refractivity contribution is 0.0743. The largest absolute Gasteiger partial charge is 0.488 e. The third-order valence-electron chi connectivity index (χ3n) is 6.25. The Hall–Kier alpha value is -3.23. The molecule has 1 N–H and O–H groups in total. The molecule has 5 heterocycles. The van der Waals surface area contributed by atoms with Crippen molar-refractivity contribution in [2.24, 2.45) is 0 Å². The quantitative estimate of drug-likeness (QED) is 0.501.